The summed E-state index contributed by atoms with van der Waals surface area (Å²) in [5, 5.41) is 1.43. The van der Waals surface area contributed by atoms with Gasteiger partial charge in [-0.1, -0.05) is 148 Å². The lowest BCUT2D eigenvalue weighted by molar-refractivity contribution is 0.660. The van der Waals surface area contributed by atoms with Crippen LogP contribution in [0.15, 0.2) is 170 Å². The van der Waals surface area contributed by atoms with Crippen molar-refractivity contribution in [2.75, 3.05) is 9.80 Å². The first-order valence-corrected chi connectivity index (χ1v) is 22.5. The zero-order chi connectivity index (χ0) is 38.2. The molecule has 268 valence electrons. The Morgan fingerprint density at radius 1 is 0.473 bits per heavy atom. The van der Waals surface area contributed by atoms with Crippen LogP contribution in [0, 0.1) is 6.57 Å². The maximum absolute atomic E-state index is 7.49. The van der Waals surface area contributed by atoms with Gasteiger partial charge in [-0.15, -0.1) is 0 Å². The summed E-state index contributed by atoms with van der Waals surface area (Å²) in [6.07, 6.45) is 4.43. The van der Waals surface area contributed by atoms with E-state index in [4.69, 9.17) is 6.57 Å². The number of para-hydroxylation sites is 2. The summed E-state index contributed by atoms with van der Waals surface area (Å²) >= 11 is 0. The molecule has 55 heavy (non-hydrogen) atoms. The fourth-order valence-electron chi connectivity index (χ4n) is 7.75. The Balaban J connectivity index is 1.08. The molecule has 0 unspecified atom stereocenters. The number of benzene rings is 7. The maximum Gasteiger partial charge on any atom is 0.187 e. The van der Waals surface area contributed by atoms with Crippen molar-refractivity contribution in [3.8, 4) is 11.1 Å². The molecule has 0 saturated heterocycles. The van der Waals surface area contributed by atoms with Gasteiger partial charge in [-0.2, -0.15) is 0 Å². The minimum Gasteiger partial charge on any atom is -0.311 e. The van der Waals surface area contributed by atoms with Crippen molar-refractivity contribution in [2.45, 2.75) is 38.9 Å². The standard InChI is InChI=1S/C51H45N3Si/c1-51(2)49-35-38(18-17-37-19-24-42(25-20-37)53(40-13-9-7-10-14-40)41-15-11-8-12-16-41)21-33-47(49)48-34-30-45(36-50(48)51)54(43-26-22-39(52-3)23-27-43)44-28-31-46(32-29-44)55(4,5)6/h7-36H,1-2,4-6H3/b18-17+. The molecule has 1 aliphatic carbocycles. The first kappa shape index (κ1) is 35.6. The van der Waals surface area contributed by atoms with Gasteiger partial charge in [0, 0.05) is 39.5 Å². The Kier molecular flexibility index (Phi) is 9.35. The van der Waals surface area contributed by atoms with Gasteiger partial charge < -0.3 is 9.80 Å². The number of hydrogen-bond donors (Lipinski definition) is 0. The Hall–Kier alpha value is -6.41. The van der Waals surface area contributed by atoms with Crippen LogP contribution in [0.1, 0.15) is 36.1 Å². The van der Waals surface area contributed by atoms with Gasteiger partial charge in [0.15, 0.2) is 5.69 Å². The highest BCUT2D eigenvalue weighted by molar-refractivity contribution is 6.88. The molecule has 1 aliphatic rings. The van der Waals surface area contributed by atoms with Gasteiger partial charge in [0.25, 0.3) is 0 Å². The molecule has 0 spiro atoms. The predicted octanol–water partition coefficient (Wildman–Crippen LogP) is 14.2. The first-order valence-electron chi connectivity index (χ1n) is 19.0. The Morgan fingerprint density at radius 3 is 1.44 bits per heavy atom. The third kappa shape index (κ3) is 7.03. The molecule has 0 radical (unpaired) electrons. The van der Waals surface area contributed by atoms with E-state index < -0.39 is 8.07 Å². The Labute approximate surface area is 327 Å². The van der Waals surface area contributed by atoms with Crippen LogP contribution in [0.25, 0.3) is 28.1 Å². The molecule has 7 aromatic carbocycles. The van der Waals surface area contributed by atoms with Crippen molar-refractivity contribution in [3.63, 3.8) is 0 Å². The second-order valence-electron chi connectivity index (χ2n) is 15.9. The molecular formula is C51H45N3Si. The van der Waals surface area contributed by atoms with E-state index in [-0.39, 0.29) is 5.41 Å². The smallest absolute Gasteiger partial charge is 0.187 e. The van der Waals surface area contributed by atoms with Gasteiger partial charge in [0.05, 0.1) is 14.6 Å². The van der Waals surface area contributed by atoms with E-state index in [0.29, 0.717) is 5.69 Å². The van der Waals surface area contributed by atoms with Crippen molar-refractivity contribution in [1.82, 2.24) is 0 Å². The third-order valence-corrected chi connectivity index (χ3v) is 12.9. The van der Waals surface area contributed by atoms with Gasteiger partial charge >= 0.3 is 0 Å². The Bertz CT molecular complexity index is 2480. The van der Waals surface area contributed by atoms with Crippen molar-refractivity contribution < 1.29 is 0 Å². The van der Waals surface area contributed by atoms with E-state index in [2.05, 4.69) is 218 Å². The average molecular weight is 728 g/mol. The van der Waals surface area contributed by atoms with E-state index in [1.807, 2.05) is 12.1 Å². The van der Waals surface area contributed by atoms with E-state index >= 15 is 0 Å². The van der Waals surface area contributed by atoms with Crippen molar-refractivity contribution in [2.24, 2.45) is 0 Å². The molecule has 8 rings (SSSR count). The van der Waals surface area contributed by atoms with E-state index in [9.17, 15) is 0 Å². The molecule has 0 aliphatic heterocycles. The molecule has 0 aromatic heterocycles. The highest BCUT2D eigenvalue weighted by Gasteiger charge is 2.36. The zero-order valence-electron chi connectivity index (χ0n) is 32.2. The number of rotatable bonds is 9. The summed E-state index contributed by atoms with van der Waals surface area (Å²) in [5.74, 6) is 0. The van der Waals surface area contributed by atoms with E-state index in [0.717, 1.165) is 39.7 Å². The van der Waals surface area contributed by atoms with Gasteiger partial charge in [-0.3, -0.25) is 0 Å². The Morgan fingerprint density at radius 2 is 0.891 bits per heavy atom. The normalized spacial score (nSPS) is 12.9. The van der Waals surface area contributed by atoms with Crippen LogP contribution < -0.4 is 15.0 Å². The topological polar surface area (TPSA) is 10.8 Å². The van der Waals surface area contributed by atoms with Crippen molar-refractivity contribution in [3.05, 3.63) is 204 Å². The average Bonchev–Trinajstić information content (AvgIpc) is 3.43. The minimum atomic E-state index is -1.45. The van der Waals surface area contributed by atoms with Crippen molar-refractivity contribution in [1.29, 1.82) is 0 Å². The largest absolute Gasteiger partial charge is 0.311 e. The van der Waals surface area contributed by atoms with Crippen LogP contribution >= 0.6 is 0 Å². The summed E-state index contributed by atoms with van der Waals surface area (Å²) in [7, 11) is -1.45. The minimum absolute atomic E-state index is 0.189. The second kappa shape index (κ2) is 14.4. The monoisotopic (exact) mass is 727 g/mol. The molecule has 3 nitrogen and oxygen atoms in total. The molecule has 0 heterocycles. The van der Waals surface area contributed by atoms with Crippen LogP contribution in [0.3, 0.4) is 0 Å². The van der Waals surface area contributed by atoms with Crippen LogP contribution in [-0.2, 0) is 5.41 Å². The number of fused-ring (bicyclic) bond motifs is 3. The van der Waals surface area contributed by atoms with E-state index in [1.54, 1.807) is 0 Å². The van der Waals surface area contributed by atoms with Gasteiger partial charge in [0.1, 0.15) is 0 Å². The molecule has 0 N–H and O–H groups in total. The molecule has 0 saturated carbocycles. The van der Waals surface area contributed by atoms with Crippen LogP contribution in [0.5, 0.6) is 0 Å². The summed E-state index contributed by atoms with van der Waals surface area (Å²) in [6.45, 7) is 19.3. The summed E-state index contributed by atoms with van der Waals surface area (Å²) in [4.78, 5) is 8.25. The number of anilines is 6. The van der Waals surface area contributed by atoms with Crippen LogP contribution in [-0.4, -0.2) is 8.07 Å². The summed E-state index contributed by atoms with van der Waals surface area (Å²) in [5.41, 5.74) is 14.7. The van der Waals surface area contributed by atoms with Gasteiger partial charge in [-0.05, 0) is 106 Å². The van der Waals surface area contributed by atoms with E-state index in [1.165, 1.54) is 33.0 Å². The number of hydrogen-bond acceptors (Lipinski definition) is 2. The highest BCUT2D eigenvalue weighted by atomic mass is 28.3. The molecule has 4 heteroatoms. The lowest BCUT2D eigenvalue weighted by Crippen LogP contribution is -2.37. The van der Waals surface area contributed by atoms with Crippen LogP contribution in [0.4, 0.5) is 39.8 Å². The molecule has 0 amide bonds. The SMILES string of the molecule is [C-]#[N+]c1ccc(N(c2ccc([Si](C)(C)C)cc2)c2ccc3c(c2)C(C)(C)c2cc(/C=C/c4ccc(N(c5ccccc5)c5ccccc5)cc4)ccc2-3)cc1. The second-order valence-corrected chi connectivity index (χ2v) is 20.9. The molecule has 0 bridgehead atoms. The summed E-state index contributed by atoms with van der Waals surface area (Å²) < 4.78 is 0. The lowest BCUT2D eigenvalue weighted by atomic mass is 9.81. The molecule has 0 atom stereocenters. The van der Waals surface area contributed by atoms with Crippen molar-refractivity contribution >= 4 is 65.2 Å². The fraction of sp³-hybridized carbons (Fsp3) is 0.118. The van der Waals surface area contributed by atoms with Gasteiger partial charge in [-0.25, -0.2) is 4.85 Å². The van der Waals surface area contributed by atoms with Gasteiger partial charge in [0.2, 0.25) is 0 Å². The fourth-order valence-corrected chi connectivity index (χ4v) is 8.91. The number of nitrogens with zero attached hydrogens (tertiary/aromatic N) is 3. The highest BCUT2D eigenvalue weighted by Crippen LogP contribution is 2.51. The zero-order valence-corrected chi connectivity index (χ0v) is 33.2. The molecule has 0 fully saturated rings. The predicted molar refractivity (Wildman–Crippen MR) is 238 cm³/mol. The summed E-state index contributed by atoms with van der Waals surface area (Å²) in [6, 6.07) is 60.6. The lowest BCUT2D eigenvalue weighted by Gasteiger charge is -2.29. The first-order chi connectivity index (χ1) is 26.6. The molecule has 7 aromatic rings. The van der Waals surface area contributed by atoms with Crippen LogP contribution in [0.2, 0.25) is 19.6 Å². The molecular weight excluding hydrogens is 683 g/mol. The maximum atomic E-state index is 7.49. The third-order valence-electron chi connectivity index (χ3n) is 10.8. The quantitative estimate of drug-likeness (QED) is 0.0833.